The summed E-state index contributed by atoms with van der Waals surface area (Å²) >= 11 is 1.18. The maximum absolute atomic E-state index is 12.8. The lowest BCUT2D eigenvalue weighted by atomic mass is 9.99. The topological polar surface area (TPSA) is 33.2 Å². The Kier molecular flexibility index (Phi) is 5.28. The maximum Gasteiger partial charge on any atom is 0.412 e. The molecule has 0 spiro atoms. The summed E-state index contributed by atoms with van der Waals surface area (Å²) in [5.74, 6) is 5.46. The summed E-state index contributed by atoms with van der Waals surface area (Å²) < 4.78 is 38.3. The maximum atomic E-state index is 12.8. The first-order valence-electron chi connectivity index (χ1n) is 8.18. The summed E-state index contributed by atoms with van der Waals surface area (Å²) in [7, 11) is 0. The number of hydrogen-bond acceptors (Lipinski definition) is 3. The average Bonchev–Trinajstić information content (AvgIpc) is 3.08. The smallest absolute Gasteiger partial charge is 0.338 e. The zero-order valence-electron chi connectivity index (χ0n) is 13.5. The van der Waals surface area contributed by atoms with Crippen molar-refractivity contribution in [3.8, 4) is 11.8 Å². The van der Waals surface area contributed by atoms with E-state index in [1.807, 2.05) is 4.90 Å². The molecule has 0 N–H and O–H groups in total. The number of thiazole rings is 1. The summed E-state index contributed by atoms with van der Waals surface area (Å²) in [6, 6.07) is 0. The Balaban J connectivity index is 1.70. The largest absolute Gasteiger partial charge is 0.412 e. The number of piperidine rings is 1. The molecule has 1 aromatic heterocycles. The van der Waals surface area contributed by atoms with Crippen LogP contribution in [0.3, 0.4) is 0 Å². The molecule has 25 heavy (non-hydrogen) atoms. The predicted molar refractivity (Wildman–Crippen MR) is 90.2 cm³/mol. The highest BCUT2D eigenvalue weighted by atomic mass is 32.1. The Hall–Kier alpha value is -2.07. The van der Waals surface area contributed by atoms with Crippen LogP contribution in [0, 0.1) is 11.8 Å². The van der Waals surface area contributed by atoms with E-state index in [2.05, 4.69) is 16.8 Å². The van der Waals surface area contributed by atoms with Gasteiger partial charge in [-0.15, -0.1) is 11.3 Å². The van der Waals surface area contributed by atoms with E-state index in [1.54, 1.807) is 6.08 Å². The quantitative estimate of drug-likeness (QED) is 0.693. The lowest BCUT2D eigenvalue weighted by molar-refractivity contribution is -0.0941. The van der Waals surface area contributed by atoms with Crippen molar-refractivity contribution in [3.63, 3.8) is 0 Å². The van der Waals surface area contributed by atoms with Gasteiger partial charge in [0.05, 0.1) is 6.20 Å². The minimum absolute atomic E-state index is 0.0135. The van der Waals surface area contributed by atoms with Crippen LogP contribution in [-0.2, 0) is 0 Å². The van der Waals surface area contributed by atoms with Gasteiger partial charge in [-0.2, -0.15) is 13.2 Å². The van der Waals surface area contributed by atoms with Crippen molar-refractivity contribution in [2.45, 2.75) is 38.3 Å². The second-order valence-corrected chi connectivity index (χ2v) is 7.03. The molecule has 132 valence electrons. The summed E-state index contributed by atoms with van der Waals surface area (Å²) in [5.41, 5.74) is -0.211. The van der Waals surface area contributed by atoms with Crippen LogP contribution < -0.4 is 0 Å². The molecule has 1 aliphatic carbocycles. The van der Waals surface area contributed by atoms with Crippen molar-refractivity contribution in [2.75, 3.05) is 13.1 Å². The number of carbonyl (C=O) groups is 1. The Bertz CT molecular complexity index is 774. The number of likely N-dealkylation sites (tertiary alicyclic amines) is 1. The van der Waals surface area contributed by atoms with Crippen molar-refractivity contribution >= 4 is 17.2 Å². The zero-order valence-corrected chi connectivity index (χ0v) is 14.3. The van der Waals surface area contributed by atoms with E-state index in [9.17, 15) is 18.0 Å². The van der Waals surface area contributed by atoms with E-state index in [1.165, 1.54) is 17.5 Å². The highest BCUT2D eigenvalue weighted by molar-refractivity contribution is 7.14. The minimum atomic E-state index is -4.31. The monoisotopic (exact) mass is 366 g/mol. The third kappa shape index (κ3) is 4.51. The van der Waals surface area contributed by atoms with Gasteiger partial charge in [0.2, 0.25) is 0 Å². The molecule has 0 saturated carbocycles. The van der Waals surface area contributed by atoms with Gasteiger partial charge in [-0.3, -0.25) is 4.79 Å². The van der Waals surface area contributed by atoms with Gasteiger partial charge in [0.15, 0.2) is 5.01 Å². The molecular weight excluding hydrogens is 349 g/mol. The van der Waals surface area contributed by atoms with Crippen LogP contribution in [0.25, 0.3) is 0 Å². The lowest BCUT2D eigenvalue weighted by Crippen LogP contribution is -2.35. The number of allylic oxidation sites excluding steroid dienone is 4. The van der Waals surface area contributed by atoms with Crippen molar-refractivity contribution in [1.29, 1.82) is 0 Å². The molecule has 0 unspecified atom stereocenters. The Morgan fingerprint density at radius 3 is 2.68 bits per heavy atom. The number of hydrogen-bond donors (Lipinski definition) is 0. The van der Waals surface area contributed by atoms with Gasteiger partial charge in [0.1, 0.15) is 4.88 Å². The van der Waals surface area contributed by atoms with E-state index in [-0.39, 0.29) is 12.3 Å². The van der Waals surface area contributed by atoms with Crippen molar-refractivity contribution in [2.24, 2.45) is 0 Å². The molecule has 3 rings (SSSR count). The summed E-state index contributed by atoms with van der Waals surface area (Å²) in [4.78, 5) is 18.8. The molecule has 0 atom stereocenters. The van der Waals surface area contributed by atoms with Crippen molar-refractivity contribution in [1.82, 2.24) is 9.88 Å². The number of aromatic nitrogens is 1. The lowest BCUT2D eigenvalue weighted by Gasteiger charge is -2.25. The first kappa shape index (κ1) is 17.7. The number of carbonyl (C=O) groups excluding carboxylic acids is 1. The van der Waals surface area contributed by atoms with Crippen molar-refractivity contribution in [3.05, 3.63) is 39.4 Å². The molecule has 2 aliphatic rings. The normalized spacial score (nSPS) is 18.1. The number of amides is 1. The Labute approximate surface area is 148 Å². The van der Waals surface area contributed by atoms with Crippen LogP contribution in [0.1, 0.15) is 46.8 Å². The van der Waals surface area contributed by atoms with Gasteiger partial charge in [0.25, 0.3) is 5.91 Å². The second-order valence-electron chi connectivity index (χ2n) is 6.00. The highest BCUT2D eigenvalue weighted by Crippen LogP contribution is 2.32. The molecule has 0 bridgehead atoms. The third-order valence-electron chi connectivity index (χ3n) is 4.15. The van der Waals surface area contributed by atoms with Gasteiger partial charge >= 0.3 is 6.18 Å². The molecule has 1 aromatic rings. The van der Waals surface area contributed by atoms with Gasteiger partial charge in [-0.25, -0.2) is 4.98 Å². The second kappa shape index (κ2) is 7.44. The van der Waals surface area contributed by atoms with Gasteiger partial charge in [-0.1, -0.05) is 12.0 Å². The molecular formula is C18H17F3N2OS. The van der Waals surface area contributed by atoms with Crippen LogP contribution in [0.2, 0.25) is 0 Å². The number of nitrogens with zero attached hydrogens (tertiary/aromatic N) is 2. The summed E-state index contributed by atoms with van der Waals surface area (Å²) in [5, 5.41) is 0.439. The zero-order chi connectivity index (χ0) is 17.9. The van der Waals surface area contributed by atoms with E-state index < -0.39 is 11.7 Å². The van der Waals surface area contributed by atoms with E-state index in [4.69, 9.17) is 0 Å². The van der Waals surface area contributed by atoms with E-state index in [0.717, 1.165) is 38.4 Å². The third-order valence-corrected chi connectivity index (χ3v) is 5.05. The molecule has 1 amide bonds. The molecule has 0 aromatic carbocycles. The summed E-state index contributed by atoms with van der Waals surface area (Å²) in [6.07, 6.45) is 3.45. The number of alkyl halides is 3. The standard InChI is InChI=1S/C18H17F3N2OS/c19-18(20,21)14-6-4-5-13(11-14)7-8-16-22-12-15(25-16)17(24)23-9-2-1-3-10-23/h5,11-12H,1-4,6,9-10H2. The average molecular weight is 366 g/mol. The van der Waals surface area contributed by atoms with Crippen LogP contribution in [-0.4, -0.2) is 35.1 Å². The molecule has 1 fully saturated rings. The molecule has 3 nitrogen and oxygen atoms in total. The molecule has 7 heteroatoms. The van der Waals surface area contributed by atoms with E-state index >= 15 is 0 Å². The van der Waals surface area contributed by atoms with E-state index in [0.29, 0.717) is 21.9 Å². The van der Waals surface area contributed by atoms with Crippen LogP contribution in [0.4, 0.5) is 13.2 Å². The highest BCUT2D eigenvalue weighted by Gasteiger charge is 2.33. The minimum Gasteiger partial charge on any atom is -0.338 e. The van der Waals surface area contributed by atoms with Gasteiger partial charge in [0, 0.05) is 24.2 Å². The van der Waals surface area contributed by atoms with Crippen LogP contribution in [0.15, 0.2) is 29.5 Å². The van der Waals surface area contributed by atoms with Crippen molar-refractivity contribution < 1.29 is 18.0 Å². The van der Waals surface area contributed by atoms with Crippen LogP contribution in [0.5, 0.6) is 0 Å². The van der Waals surface area contributed by atoms with Gasteiger partial charge < -0.3 is 4.90 Å². The fourth-order valence-electron chi connectivity index (χ4n) is 2.82. The number of halogens is 3. The predicted octanol–water partition coefficient (Wildman–Crippen LogP) is 4.33. The SMILES string of the molecule is O=C(c1cnc(C#CC2=CCCC(C(F)(F)F)=C2)s1)N1CCCCC1. The Morgan fingerprint density at radius 1 is 1.20 bits per heavy atom. The molecule has 1 aliphatic heterocycles. The molecule has 0 radical (unpaired) electrons. The first-order chi connectivity index (χ1) is 11.9. The Morgan fingerprint density at radius 2 is 1.96 bits per heavy atom. The first-order valence-corrected chi connectivity index (χ1v) is 9.00. The fourth-order valence-corrected chi connectivity index (χ4v) is 3.56. The van der Waals surface area contributed by atoms with Gasteiger partial charge in [-0.05, 0) is 44.1 Å². The fraction of sp³-hybridized carbons (Fsp3) is 0.444. The molecule has 1 saturated heterocycles. The molecule has 2 heterocycles. The number of rotatable bonds is 1. The summed E-state index contributed by atoms with van der Waals surface area (Å²) in [6.45, 7) is 1.52. The van der Waals surface area contributed by atoms with Crippen LogP contribution >= 0.6 is 11.3 Å².